The number of hydrogen-bond acceptors (Lipinski definition) is 12. The Balaban J connectivity index is 0.000000106. The summed E-state index contributed by atoms with van der Waals surface area (Å²) in [5.74, 6) is 5.76. The fourth-order valence-corrected chi connectivity index (χ4v) is 21.3. The van der Waals surface area contributed by atoms with Gasteiger partial charge in [-0.2, -0.15) is 0 Å². The molecule has 0 bridgehead atoms. The standard InChI is InChI=1S/C45H28N4O.2C43H26N4O/c1-3-13-29(14-4-1)43-46-44(30-15-5-2-6-16-30)48-45(47-43)33-19-9-17-31(27-33)32-18-10-20-34(28-32)49-37-23-11-22-36-35-21-7-8-25-39(35)50-40-26-12-24-38(49)42(40)41(36)37;1-3-13-27(14-4-1)41-44-42(28-15-5-2-6-16-28)46-43(45-41)33-25-26-34(30-18-8-7-17-29(30)33)47-35-21-11-20-32-31-19-9-10-23-37(31)48-38-24-12-22-36(47)40(38)39(32)35;1-2-11-28(12-3-1)41-44-42(46-43(45-41)31-21-20-27-10-4-5-13-30(27)26-31)29-22-24-32(25-23-29)47-35-16-8-15-34-33-14-6-7-18-37(33)48-38-19-9-17-36(47)40(38)39(34)35/h1-28H;2*1-26H. The highest BCUT2D eigenvalue weighted by Gasteiger charge is 2.27. The summed E-state index contributed by atoms with van der Waals surface area (Å²) in [6.45, 7) is 0. The van der Waals surface area contributed by atoms with Crippen LogP contribution in [-0.4, -0.2) is 58.6 Å². The molecule has 0 unspecified atom stereocenters. The van der Waals surface area contributed by atoms with Crippen LogP contribution in [0.25, 0.3) is 283 Å². The van der Waals surface area contributed by atoms with E-state index in [1.807, 2.05) is 188 Å². The van der Waals surface area contributed by atoms with Crippen molar-refractivity contribution in [3.8, 4) is 131 Å². The average Bonchev–Trinajstić information content (AvgIpc) is 1.57. The summed E-state index contributed by atoms with van der Waals surface area (Å²) in [7, 11) is 0. The van der Waals surface area contributed by atoms with Gasteiger partial charge in [0.15, 0.2) is 52.4 Å². The predicted molar refractivity (Wildman–Crippen MR) is 594 cm³/mol. The minimum Gasteiger partial charge on any atom is -0.456 e. The van der Waals surface area contributed by atoms with Crippen molar-refractivity contribution in [1.29, 1.82) is 0 Å². The smallest absolute Gasteiger partial charge is 0.164 e. The number of nitrogens with zero attached hydrogens (tertiary/aromatic N) is 12. The summed E-state index contributed by atoms with van der Waals surface area (Å²) in [6.07, 6.45) is 0. The number of fused-ring (bicyclic) bond motifs is 8. The van der Waals surface area contributed by atoms with Crippen molar-refractivity contribution < 1.29 is 13.3 Å². The average molecular weight is 1870 g/mol. The lowest BCUT2D eigenvalue weighted by atomic mass is 10.0. The number of rotatable bonds is 13. The monoisotopic (exact) mass is 1870 g/mol. The van der Waals surface area contributed by atoms with Gasteiger partial charge in [-0.25, -0.2) is 44.9 Å². The maximum Gasteiger partial charge on any atom is 0.164 e. The third-order valence-electron chi connectivity index (χ3n) is 27.9. The predicted octanol–water partition coefficient (Wildman–Crippen LogP) is 33.6. The largest absolute Gasteiger partial charge is 0.456 e. The third kappa shape index (κ3) is 14.5. The van der Waals surface area contributed by atoms with Gasteiger partial charge in [0.05, 0.1) is 54.9 Å². The van der Waals surface area contributed by atoms with Gasteiger partial charge < -0.3 is 27.0 Å². The maximum atomic E-state index is 6.59. The zero-order valence-corrected chi connectivity index (χ0v) is 78.3. The van der Waals surface area contributed by atoms with Crippen molar-refractivity contribution in [1.82, 2.24) is 58.6 Å². The number of para-hydroxylation sites is 3. The second kappa shape index (κ2) is 35.1. The summed E-state index contributed by atoms with van der Waals surface area (Å²) in [6, 6.07) is 167. The lowest BCUT2D eigenvalue weighted by Crippen LogP contribution is -2.01. The van der Waals surface area contributed by atoms with Crippen LogP contribution >= 0.6 is 0 Å². The molecule has 0 atom stereocenters. The minimum absolute atomic E-state index is 0.629. The summed E-state index contributed by atoms with van der Waals surface area (Å²) in [4.78, 5) is 44.8. The Morgan fingerprint density at radius 1 is 0.144 bits per heavy atom. The van der Waals surface area contributed by atoms with Crippen LogP contribution in [0.5, 0.6) is 0 Å². The van der Waals surface area contributed by atoms with E-state index in [1.165, 1.54) is 37.7 Å². The van der Waals surface area contributed by atoms with E-state index in [-0.39, 0.29) is 0 Å². The van der Waals surface area contributed by atoms with E-state index in [0.717, 1.165) is 193 Å². The molecule has 0 saturated carbocycles. The van der Waals surface area contributed by atoms with Crippen LogP contribution < -0.4 is 0 Å². The first-order valence-electron chi connectivity index (χ1n) is 48.8. The molecule has 0 spiro atoms. The topological polar surface area (TPSA) is 170 Å². The van der Waals surface area contributed by atoms with E-state index in [2.05, 4.69) is 311 Å². The van der Waals surface area contributed by atoms with Gasteiger partial charge in [0, 0.05) is 99.1 Å². The molecule has 682 valence electrons. The van der Waals surface area contributed by atoms with Crippen LogP contribution in [0.4, 0.5) is 0 Å². The molecule has 30 aromatic rings. The molecule has 146 heavy (non-hydrogen) atoms. The fourth-order valence-electron chi connectivity index (χ4n) is 21.3. The number of hydrogen-bond donors (Lipinski definition) is 0. The first kappa shape index (κ1) is 84.1. The lowest BCUT2D eigenvalue weighted by Gasteiger charge is -2.15. The van der Waals surface area contributed by atoms with Crippen LogP contribution in [0.2, 0.25) is 0 Å². The zero-order chi connectivity index (χ0) is 96.2. The molecule has 21 aromatic carbocycles. The van der Waals surface area contributed by atoms with Crippen LogP contribution in [0, 0.1) is 0 Å². The minimum atomic E-state index is 0.629. The van der Waals surface area contributed by atoms with Gasteiger partial charge in [-0.15, -0.1) is 0 Å². The quantitative estimate of drug-likeness (QED) is 0.107. The second-order valence-corrected chi connectivity index (χ2v) is 36.5. The molecular formula is C131H80N12O3. The normalized spacial score (nSPS) is 11.7. The maximum absolute atomic E-state index is 6.59. The van der Waals surface area contributed by atoms with Gasteiger partial charge in [-0.05, 0) is 177 Å². The van der Waals surface area contributed by atoms with E-state index in [1.54, 1.807) is 0 Å². The molecule has 9 aromatic heterocycles. The molecule has 0 amide bonds. The summed E-state index contributed by atoms with van der Waals surface area (Å²) in [5, 5.41) is 18.3. The van der Waals surface area contributed by atoms with Gasteiger partial charge in [-0.1, -0.05) is 352 Å². The highest BCUT2D eigenvalue weighted by molar-refractivity contribution is 6.30. The number of aromatic nitrogens is 12. The Bertz CT molecular complexity index is 10300. The van der Waals surface area contributed by atoms with Crippen LogP contribution in [0.3, 0.4) is 0 Å². The van der Waals surface area contributed by atoms with Gasteiger partial charge in [0.2, 0.25) is 0 Å². The summed E-state index contributed by atoms with van der Waals surface area (Å²) < 4.78 is 26.7. The van der Waals surface area contributed by atoms with Crippen molar-refractivity contribution in [3.63, 3.8) is 0 Å². The molecule has 0 aliphatic carbocycles. The molecule has 15 heteroatoms. The van der Waals surface area contributed by atoms with Crippen molar-refractivity contribution in [2.24, 2.45) is 0 Å². The first-order chi connectivity index (χ1) is 72.4. The Morgan fingerprint density at radius 2 is 0.425 bits per heavy atom. The molecule has 0 radical (unpaired) electrons. The lowest BCUT2D eigenvalue weighted by molar-refractivity contribution is 0.663. The van der Waals surface area contributed by atoms with Crippen LogP contribution in [0.1, 0.15) is 0 Å². The highest BCUT2D eigenvalue weighted by Crippen LogP contribution is 2.48. The fraction of sp³-hybridized carbons (Fsp3) is 0. The molecule has 0 aliphatic rings. The van der Waals surface area contributed by atoms with Crippen molar-refractivity contribution in [2.75, 3.05) is 0 Å². The van der Waals surface area contributed by atoms with Crippen molar-refractivity contribution in [3.05, 3.63) is 485 Å². The van der Waals surface area contributed by atoms with Crippen LogP contribution in [0.15, 0.2) is 499 Å². The van der Waals surface area contributed by atoms with E-state index in [0.29, 0.717) is 52.4 Å². The van der Waals surface area contributed by atoms with Crippen LogP contribution in [-0.2, 0) is 0 Å². The molecular weight excluding hydrogens is 1790 g/mol. The molecule has 9 heterocycles. The van der Waals surface area contributed by atoms with E-state index in [4.69, 9.17) is 58.1 Å². The van der Waals surface area contributed by atoms with E-state index in [9.17, 15) is 0 Å². The zero-order valence-electron chi connectivity index (χ0n) is 78.3. The van der Waals surface area contributed by atoms with Gasteiger partial charge in [0.25, 0.3) is 0 Å². The highest BCUT2D eigenvalue weighted by atomic mass is 16.3. The Hall–Kier alpha value is -20.0. The number of benzene rings is 21. The molecule has 0 saturated heterocycles. The SMILES string of the molecule is c1ccc(-c2nc(-c3ccc(-n4c5cccc6oc7ccccc7c7cccc4c7c65)cc3)nc(-c3ccc4ccccc4c3)n2)cc1.c1ccc(-c2nc(-c3ccccc3)nc(-c3ccc(-n4c5cccc6oc7ccccc7c7cccc4c7c65)c4ccccc34)n2)cc1.c1ccc(-c2nc(-c3ccccc3)nc(-c3cccc(-c4cccc(-n5c6cccc7oc8ccccc8c8cccc5c8c76)c4)c3)n2)cc1. The van der Waals surface area contributed by atoms with Gasteiger partial charge >= 0.3 is 0 Å². The van der Waals surface area contributed by atoms with E-state index < -0.39 is 0 Å². The molecule has 0 fully saturated rings. The van der Waals surface area contributed by atoms with Gasteiger partial charge in [-0.3, -0.25) is 0 Å². The van der Waals surface area contributed by atoms with E-state index >= 15 is 0 Å². The molecule has 0 aliphatic heterocycles. The molecule has 15 nitrogen and oxygen atoms in total. The summed E-state index contributed by atoms with van der Waals surface area (Å²) in [5.41, 5.74) is 25.8. The second-order valence-electron chi connectivity index (χ2n) is 36.5. The Morgan fingerprint density at radius 3 is 0.863 bits per heavy atom. The van der Waals surface area contributed by atoms with Crippen molar-refractivity contribution >= 4 is 153 Å². The molecule has 30 rings (SSSR count). The van der Waals surface area contributed by atoms with Crippen molar-refractivity contribution in [2.45, 2.75) is 0 Å². The molecule has 0 N–H and O–H groups in total. The first-order valence-corrected chi connectivity index (χ1v) is 48.8. The Kier molecular flexibility index (Phi) is 20.2. The third-order valence-corrected chi connectivity index (χ3v) is 27.9. The van der Waals surface area contributed by atoms with Gasteiger partial charge in [0.1, 0.15) is 33.5 Å². The Labute approximate surface area is 834 Å². The summed E-state index contributed by atoms with van der Waals surface area (Å²) >= 11 is 0.